The van der Waals surface area contributed by atoms with Crippen molar-refractivity contribution in [3.63, 3.8) is 0 Å². The highest BCUT2D eigenvalue weighted by atomic mass is 127. The standard InChI is InChI=1S/C14H14INO2/c1-2-17-12-8-5-9-13(14(12)16)18-11-7-4-3-6-10(11)15/h3-9H,2,16H2,1H3. The minimum atomic E-state index is 0.527. The topological polar surface area (TPSA) is 44.5 Å². The van der Waals surface area contributed by atoms with Gasteiger partial charge in [0.1, 0.15) is 17.2 Å². The van der Waals surface area contributed by atoms with E-state index < -0.39 is 0 Å². The minimum Gasteiger partial charge on any atom is -0.492 e. The lowest BCUT2D eigenvalue weighted by Gasteiger charge is -2.13. The van der Waals surface area contributed by atoms with Gasteiger partial charge in [-0.15, -0.1) is 0 Å². The number of halogens is 1. The largest absolute Gasteiger partial charge is 0.492 e. The average molecular weight is 355 g/mol. The number of benzene rings is 2. The zero-order chi connectivity index (χ0) is 13.0. The second-order valence-electron chi connectivity index (χ2n) is 3.63. The third-order valence-electron chi connectivity index (χ3n) is 2.38. The Morgan fingerprint density at radius 2 is 1.67 bits per heavy atom. The van der Waals surface area contributed by atoms with Gasteiger partial charge in [-0.2, -0.15) is 0 Å². The molecule has 2 N–H and O–H groups in total. The molecule has 94 valence electrons. The zero-order valence-corrected chi connectivity index (χ0v) is 12.2. The molecule has 0 aliphatic heterocycles. The van der Waals surface area contributed by atoms with Gasteiger partial charge in [0.15, 0.2) is 5.75 Å². The van der Waals surface area contributed by atoms with Gasteiger partial charge in [0, 0.05) is 0 Å². The molecule has 0 saturated carbocycles. The molecule has 3 nitrogen and oxygen atoms in total. The monoisotopic (exact) mass is 355 g/mol. The van der Waals surface area contributed by atoms with Gasteiger partial charge in [-0.1, -0.05) is 18.2 Å². The van der Waals surface area contributed by atoms with E-state index in [-0.39, 0.29) is 0 Å². The van der Waals surface area contributed by atoms with E-state index >= 15 is 0 Å². The summed E-state index contributed by atoms with van der Waals surface area (Å²) in [5.74, 6) is 2.06. The number of nitrogen functional groups attached to an aromatic ring is 1. The summed E-state index contributed by atoms with van der Waals surface area (Å²) in [7, 11) is 0. The van der Waals surface area contributed by atoms with Gasteiger partial charge in [0.2, 0.25) is 0 Å². The molecule has 0 aliphatic rings. The van der Waals surface area contributed by atoms with Crippen LogP contribution in [-0.2, 0) is 0 Å². The van der Waals surface area contributed by atoms with Crippen LogP contribution in [0, 0.1) is 3.57 Å². The van der Waals surface area contributed by atoms with Crippen LogP contribution in [0.15, 0.2) is 42.5 Å². The van der Waals surface area contributed by atoms with Crippen LogP contribution in [0.2, 0.25) is 0 Å². The van der Waals surface area contributed by atoms with Crippen LogP contribution in [0.25, 0.3) is 0 Å². The van der Waals surface area contributed by atoms with Gasteiger partial charge in [-0.3, -0.25) is 0 Å². The van der Waals surface area contributed by atoms with Crippen LogP contribution in [0.3, 0.4) is 0 Å². The van der Waals surface area contributed by atoms with Crippen molar-refractivity contribution >= 4 is 28.3 Å². The van der Waals surface area contributed by atoms with Crippen LogP contribution in [-0.4, -0.2) is 6.61 Å². The summed E-state index contributed by atoms with van der Waals surface area (Å²) in [4.78, 5) is 0. The molecule has 0 amide bonds. The van der Waals surface area contributed by atoms with E-state index in [4.69, 9.17) is 15.2 Å². The van der Waals surface area contributed by atoms with Gasteiger partial charge in [-0.25, -0.2) is 0 Å². The van der Waals surface area contributed by atoms with Crippen molar-refractivity contribution < 1.29 is 9.47 Å². The predicted octanol–water partition coefficient (Wildman–Crippen LogP) is 4.06. The molecule has 4 heteroatoms. The first-order valence-corrected chi connectivity index (χ1v) is 6.74. The molecule has 0 bridgehead atoms. The number of nitrogens with two attached hydrogens (primary N) is 1. The fourth-order valence-electron chi connectivity index (χ4n) is 1.54. The summed E-state index contributed by atoms with van der Waals surface area (Å²) >= 11 is 2.23. The summed E-state index contributed by atoms with van der Waals surface area (Å²) in [5, 5.41) is 0. The summed E-state index contributed by atoms with van der Waals surface area (Å²) in [5.41, 5.74) is 6.54. The maximum absolute atomic E-state index is 6.01. The van der Waals surface area contributed by atoms with E-state index in [1.54, 1.807) is 0 Å². The molecule has 0 aliphatic carbocycles. The number of hydrogen-bond donors (Lipinski definition) is 1. The van der Waals surface area contributed by atoms with Crippen molar-refractivity contribution in [3.05, 3.63) is 46.0 Å². The molecule has 2 aromatic rings. The van der Waals surface area contributed by atoms with E-state index in [1.165, 1.54) is 0 Å². The van der Waals surface area contributed by atoms with E-state index in [9.17, 15) is 0 Å². The van der Waals surface area contributed by atoms with Crippen molar-refractivity contribution in [1.82, 2.24) is 0 Å². The Morgan fingerprint density at radius 3 is 2.39 bits per heavy atom. The third-order valence-corrected chi connectivity index (χ3v) is 3.27. The lowest BCUT2D eigenvalue weighted by atomic mass is 10.2. The van der Waals surface area contributed by atoms with Crippen LogP contribution in [0.1, 0.15) is 6.92 Å². The second kappa shape index (κ2) is 5.95. The Balaban J connectivity index is 2.30. The molecule has 2 aromatic carbocycles. The molecule has 0 spiro atoms. The Labute approximate surface area is 120 Å². The van der Waals surface area contributed by atoms with Crippen molar-refractivity contribution in [1.29, 1.82) is 0 Å². The van der Waals surface area contributed by atoms with Crippen LogP contribution in [0.5, 0.6) is 17.2 Å². The first-order valence-electron chi connectivity index (χ1n) is 5.66. The normalized spacial score (nSPS) is 10.1. The highest BCUT2D eigenvalue weighted by Crippen LogP contribution is 2.35. The molecule has 0 unspecified atom stereocenters. The fraction of sp³-hybridized carbons (Fsp3) is 0.143. The molecule has 0 heterocycles. The minimum absolute atomic E-state index is 0.527. The molecule has 0 saturated heterocycles. The first-order chi connectivity index (χ1) is 8.72. The smallest absolute Gasteiger partial charge is 0.154 e. The summed E-state index contributed by atoms with van der Waals surface area (Å²) in [6.45, 7) is 2.50. The molecular formula is C14H14INO2. The van der Waals surface area contributed by atoms with E-state index in [0.717, 1.165) is 9.32 Å². The van der Waals surface area contributed by atoms with Crippen LogP contribution in [0.4, 0.5) is 5.69 Å². The van der Waals surface area contributed by atoms with Gasteiger partial charge in [-0.05, 0) is 53.8 Å². The number of rotatable bonds is 4. The molecule has 0 radical (unpaired) electrons. The van der Waals surface area contributed by atoms with Crippen molar-refractivity contribution in [2.75, 3.05) is 12.3 Å². The van der Waals surface area contributed by atoms with Gasteiger partial charge in [0.05, 0.1) is 10.2 Å². The zero-order valence-electron chi connectivity index (χ0n) is 10.0. The highest BCUT2D eigenvalue weighted by molar-refractivity contribution is 14.1. The van der Waals surface area contributed by atoms with Crippen LogP contribution < -0.4 is 15.2 Å². The number of para-hydroxylation sites is 2. The summed E-state index contributed by atoms with van der Waals surface area (Å²) in [6, 6.07) is 13.3. The Morgan fingerprint density at radius 1 is 1.00 bits per heavy atom. The molecule has 0 aromatic heterocycles. The number of ether oxygens (including phenoxy) is 2. The Bertz CT molecular complexity index is 543. The molecule has 2 rings (SSSR count). The lowest BCUT2D eigenvalue weighted by molar-refractivity contribution is 0.340. The van der Waals surface area contributed by atoms with E-state index in [2.05, 4.69) is 22.6 Å². The van der Waals surface area contributed by atoms with Crippen molar-refractivity contribution in [2.24, 2.45) is 0 Å². The third kappa shape index (κ3) is 2.87. The molecule has 18 heavy (non-hydrogen) atoms. The Kier molecular flexibility index (Phi) is 4.30. The summed E-state index contributed by atoms with van der Waals surface area (Å²) in [6.07, 6.45) is 0. The molecule has 0 atom stereocenters. The van der Waals surface area contributed by atoms with Crippen LogP contribution >= 0.6 is 22.6 Å². The quantitative estimate of drug-likeness (QED) is 0.664. The summed E-state index contributed by atoms with van der Waals surface area (Å²) < 4.78 is 12.3. The number of hydrogen-bond acceptors (Lipinski definition) is 3. The van der Waals surface area contributed by atoms with Crippen molar-refractivity contribution in [2.45, 2.75) is 6.92 Å². The Hall–Kier alpha value is -1.43. The molecule has 0 fully saturated rings. The first kappa shape index (κ1) is 13.0. The van der Waals surface area contributed by atoms with E-state index in [0.29, 0.717) is 23.8 Å². The lowest BCUT2D eigenvalue weighted by Crippen LogP contribution is -1.99. The van der Waals surface area contributed by atoms with Crippen molar-refractivity contribution in [3.8, 4) is 17.2 Å². The maximum Gasteiger partial charge on any atom is 0.154 e. The highest BCUT2D eigenvalue weighted by Gasteiger charge is 2.09. The second-order valence-corrected chi connectivity index (χ2v) is 4.80. The van der Waals surface area contributed by atoms with Gasteiger partial charge >= 0.3 is 0 Å². The average Bonchev–Trinajstić information content (AvgIpc) is 2.37. The SMILES string of the molecule is CCOc1cccc(Oc2ccccc2I)c1N. The predicted molar refractivity (Wildman–Crippen MR) is 81.3 cm³/mol. The number of anilines is 1. The molecular weight excluding hydrogens is 341 g/mol. The fourth-order valence-corrected chi connectivity index (χ4v) is 2.04. The van der Waals surface area contributed by atoms with E-state index in [1.807, 2.05) is 49.4 Å². The van der Waals surface area contributed by atoms with Gasteiger partial charge < -0.3 is 15.2 Å². The maximum atomic E-state index is 6.01. The van der Waals surface area contributed by atoms with Gasteiger partial charge in [0.25, 0.3) is 0 Å².